The molecule has 0 aromatic rings. The molecule has 0 aromatic carbocycles. The number of methoxy groups -OCH3 is 1. The molecule has 2 fully saturated rings. The molecule has 2 heterocycles. The zero-order valence-electron chi connectivity index (χ0n) is 12.2. The maximum Gasteiger partial charge on any atom is 0.281 e. The topological polar surface area (TPSA) is 70.1 Å². The van der Waals surface area contributed by atoms with Gasteiger partial charge in [-0.15, -0.1) is 0 Å². The minimum absolute atomic E-state index is 0.163. The van der Waals surface area contributed by atoms with E-state index in [0.29, 0.717) is 32.1 Å². The van der Waals surface area contributed by atoms with Crippen LogP contribution in [0, 0.1) is 11.8 Å². The molecule has 20 heavy (non-hydrogen) atoms. The molecule has 2 aliphatic heterocycles. The zero-order valence-corrected chi connectivity index (χ0v) is 13.0. The summed E-state index contributed by atoms with van der Waals surface area (Å²) in [6, 6.07) is 0. The summed E-state index contributed by atoms with van der Waals surface area (Å²) in [5, 5.41) is 9.12. The summed E-state index contributed by atoms with van der Waals surface area (Å²) in [6.07, 6.45) is 3.27. The summed E-state index contributed by atoms with van der Waals surface area (Å²) < 4.78 is 33.4. The van der Waals surface area contributed by atoms with Crippen molar-refractivity contribution in [1.29, 1.82) is 0 Å². The zero-order chi connectivity index (χ0) is 14.6. The maximum atomic E-state index is 12.6. The van der Waals surface area contributed by atoms with Crippen LogP contribution in [0.25, 0.3) is 0 Å². The highest BCUT2D eigenvalue weighted by Crippen LogP contribution is 2.25. The van der Waals surface area contributed by atoms with Crippen molar-refractivity contribution in [3.8, 4) is 0 Å². The molecule has 6 nitrogen and oxygen atoms in total. The molecule has 0 radical (unpaired) electrons. The molecular formula is C13H26N2O4S. The molecule has 2 saturated heterocycles. The van der Waals surface area contributed by atoms with Gasteiger partial charge in [0.25, 0.3) is 10.2 Å². The van der Waals surface area contributed by atoms with Crippen LogP contribution in [0.4, 0.5) is 0 Å². The second-order valence-corrected chi connectivity index (χ2v) is 7.76. The van der Waals surface area contributed by atoms with Crippen LogP contribution < -0.4 is 0 Å². The van der Waals surface area contributed by atoms with Crippen molar-refractivity contribution < 1.29 is 18.3 Å². The first-order valence-corrected chi connectivity index (χ1v) is 8.82. The average molecular weight is 306 g/mol. The Morgan fingerprint density at radius 1 is 1.00 bits per heavy atom. The average Bonchev–Trinajstić information content (AvgIpc) is 2.48. The first-order chi connectivity index (χ1) is 9.57. The number of hydrogen-bond donors (Lipinski definition) is 1. The van der Waals surface area contributed by atoms with Crippen LogP contribution in [-0.4, -0.2) is 68.6 Å². The summed E-state index contributed by atoms with van der Waals surface area (Å²) >= 11 is 0. The third-order valence-electron chi connectivity index (χ3n) is 4.46. The normalized spacial score (nSPS) is 25.1. The van der Waals surface area contributed by atoms with Gasteiger partial charge in [-0.2, -0.15) is 17.0 Å². The van der Waals surface area contributed by atoms with Gasteiger partial charge in [0, 0.05) is 46.5 Å². The van der Waals surface area contributed by atoms with E-state index >= 15 is 0 Å². The van der Waals surface area contributed by atoms with Gasteiger partial charge < -0.3 is 9.84 Å². The minimum atomic E-state index is -3.31. The number of aliphatic hydroxyl groups is 1. The van der Waals surface area contributed by atoms with E-state index in [4.69, 9.17) is 9.84 Å². The predicted octanol–water partition coefficient (Wildman–Crippen LogP) is 0.294. The second-order valence-electron chi connectivity index (χ2n) is 5.83. The van der Waals surface area contributed by atoms with E-state index in [1.165, 1.54) is 0 Å². The van der Waals surface area contributed by atoms with E-state index < -0.39 is 10.2 Å². The molecule has 2 rings (SSSR count). The Hall–Kier alpha value is -0.210. The van der Waals surface area contributed by atoms with Gasteiger partial charge in [-0.3, -0.25) is 0 Å². The molecule has 7 heteroatoms. The lowest BCUT2D eigenvalue weighted by Gasteiger charge is -2.37. The number of nitrogens with zero attached hydrogens (tertiary/aromatic N) is 2. The Morgan fingerprint density at radius 2 is 1.45 bits per heavy atom. The Kier molecular flexibility index (Phi) is 5.80. The molecule has 1 N–H and O–H groups in total. The van der Waals surface area contributed by atoms with Gasteiger partial charge in [0.2, 0.25) is 0 Å². The smallest absolute Gasteiger partial charge is 0.281 e. The van der Waals surface area contributed by atoms with Crippen molar-refractivity contribution in [2.75, 3.05) is 46.5 Å². The quantitative estimate of drug-likeness (QED) is 0.793. The Labute approximate surface area is 121 Å². The lowest BCUT2D eigenvalue weighted by atomic mass is 9.99. The highest BCUT2D eigenvalue weighted by atomic mass is 32.2. The lowest BCUT2D eigenvalue weighted by molar-refractivity contribution is 0.117. The fourth-order valence-electron chi connectivity index (χ4n) is 3.03. The van der Waals surface area contributed by atoms with Crippen LogP contribution in [0.2, 0.25) is 0 Å². The van der Waals surface area contributed by atoms with Gasteiger partial charge in [0.15, 0.2) is 0 Å². The minimum Gasteiger partial charge on any atom is -0.396 e. The van der Waals surface area contributed by atoms with Crippen molar-refractivity contribution in [2.24, 2.45) is 11.8 Å². The maximum absolute atomic E-state index is 12.6. The summed E-state index contributed by atoms with van der Waals surface area (Å²) in [4.78, 5) is 0. The Bertz CT molecular complexity index is 385. The Morgan fingerprint density at radius 3 is 1.85 bits per heavy atom. The molecule has 0 aromatic heterocycles. The molecular weight excluding hydrogens is 280 g/mol. The van der Waals surface area contributed by atoms with Crippen LogP contribution in [0.3, 0.4) is 0 Å². The van der Waals surface area contributed by atoms with Crippen molar-refractivity contribution in [3.05, 3.63) is 0 Å². The molecule has 118 valence electrons. The van der Waals surface area contributed by atoms with Crippen molar-refractivity contribution in [2.45, 2.75) is 25.7 Å². The van der Waals surface area contributed by atoms with E-state index in [1.807, 2.05) is 0 Å². The number of aliphatic hydroxyl groups excluding tert-OH is 1. The molecule has 0 aliphatic carbocycles. The highest BCUT2D eigenvalue weighted by molar-refractivity contribution is 7.86. The SMILES string of the molecule is COCC1CCN(S(=O)(=O)N2CCC(CO)CC2)CC1. The van der Waals surface area contributed by atoms with Crippen molar-refractivity contribution >= 4 is 10.2 Å². The molecule has 0 spiro atoms. The van der Waals surface area contributed by atoms with Gasteiger partial charge in [-0.1, -0.05) is 0 Å². The number of ether oxygens (including phenoxy) is 1. The summed E-state index contributed by atoms with van der Waals surface area (Å²) in [5.41, 5.74) is 0. The first kappa shape index (κ1) is 16.2. The van der Waals surface area contributed by atoms with E-state index in [-0.39, 0.29) is 12.5 Å². The van der Waals surface area contributed by atoms with Crippen LogP contribution >= 0.6 is 0 Å². The predicted molar refractivity (Wildman–Crippen MR) is 76.5 cm³/mol. The highest BCUT2D eigenvalue weighted by Gasteiger charge is 2.34. The van der Waals surface area contributed by atoms with Gasteiger partial charge in [0.1, 0.15) is 0 Å². The summed E-state index contributed by atoms with van der Waals surface area (Å²) in [7, 11) is -1.62. The molecule has 0 atom stereocenters. The van der Waals surface area contributed by atoms with Gasteiger partial charge >= 0.3 is 0 Å². The Balaban J connectivity index is 1.88. The summed E-state index contributed by atoms with van der Waals surface area (Å²) in [5.74, 6) is 0.737. The lowest BCUT2D eigenvalue weighted by Crippen LogP contribution is -2.50. The van der Waals surface area contributed by atoms with Crippen LogP contribution in [0.5, 0.6) is 0 Å². The van der Waals surface area contributed by atoms with Gasteiger partial charge in [-0.25, -0.2) is 0 Å². The third kappa shape index (κ3) is 3.71. The van der Waals surface area contributed by atoms with E-state index in [9.17, 15) is 8.42 Å². The number of piperidine rings is 2. The van der Waals surface area contributed by atoms with E-state index in [2.05, 4.69) is 0 Å². The third-order valence-corrected chi connectivity index (χ3v) is 6.50. The van der Waals surface area contributed by atoms with Crippen LogP contribution in [-0.2, 0) is 14.9 Å². The van der Waals surface area contributed by atoms with Crippen LogP contribution in [0.1, 0.15) is 25.7 Å². The monoisotopic (exact) mass is 306 g/mol. The van der Waals surface area contributed by atoms with E-state index in [1.54, 1.807) is 15.7 Å². The van der Waals surface area contributed by atoms with Crippen LogP contribution in [0.15, 0.2) is 0 Å². The summed E-state index contributed by atoms with van der Waals surface area (Å²) in [6.45, 7) is 3.13. The van der Waals surface area contributed by atoms with Gasteiger partial charge in [-0.05, 0) is 37.5 Å². The van der Waals surface area contributed by atoms with Crippen molar-refractivity contribution in [1.82, 2.24) is 8.61 Å². The first-order valence-electron chi connectivity index (χ1n) is 7.43. The molecule has 0 bridgehead atoms. The molecule has 0 saturated carbocycles. The fourth-order valence-corrected chi connectivity index (χ4v) is 4.70. The van der Waals surface area contributed by atoms with E-state index in [0.717, 1.165) is 32.3 Å². The van der Waals surface area contributed by atoms with Crippen molar-refractivity contribution in [3.63, 3.8) is 0 Å². The standard InChI is InChI=1S/C13H26N2O4S/c1-19-11-13-4-8-15(9-5-13)20(17,18)14-6-2-12(10-16)3-7-14/h12-13,16H,2-11H2,1H3. The largest absolute Gasteiger partial charge is 0.396 e. The second kappa shape index (κ2) is 7.17. The number of hydrogen-bond acceptors (Lipinski definition) is 4. The molecule has 0 amide bonds. The molecule has 2 aliphatic rings. The number of rotatable bonds is 5. The fraction of sp³-hybridized carbons (Fsp3) is 1.00. The molecule has 0 unspecified atom stereocenters. The van der Waals surface area contributed by atoms with Gasteiger partial charge in [0.05, 0.1) is 0 Å².